The third-order valence-electron chi connectivity index (χ3n) is 2.90. The Morgan fingerprint density at radius 3 is 2.30 bits per heavy atom. The highest BCUT2D eigenvalue weighted by molar-refractivity contribution is 7.91. The molecule has 0 aliphatic carbocycles. The molecule has 0 aliphatic rings. The topological polar surface area (TPSA) is 79.9 Å². The average Bonchev–Trinajstić information content (AvgIpc) is 2.48. The van der Waals surface area contributed by atoms with E-state index >= 15 is 0 Å². The van der Waals surface area contributed by atoms with E-state index in [1.807, 2.05) is 0 Å². The molecule has 0 atom stereocenters. The molecular weight excluding hydrogens is 276 g/mol. The van der Waals surface area contributed by atoms with Crippen molar-refractivity contribution in [2.45, 2.75) is 10.1 Å². The second-order valence-electron chi connectivity index (χ2n) is 4.20. The van der Waals surface area contributed by atoms with Gasteiger partial charge < -0.3 is 0 Å². The Hall–Kier alpha value is -2.47. The molecule has 1 aromatic heterocycles. The number of H-pyrrole nitrogens is 1. The van der Waals surface area contributed by atoms with Crippen molar-refractivity contribution in [2.75, 3.05) is 0 Å². The van der Waals surface area contributed by atoms with E-state index in [2.05, 4.69) is 9.97 Å². The molecule has 0 amide bonds. The number of nitrogens with zero attached hydrogens (tertiary/aromatic N) is 1. The summed E-state index contributed by atoms with van der Waals surface area (Å²) >= 11 is 0. The number of benzene rings is 2. The van der Waals surface area contributed by atoms with Crippen molar-refractivity contribution in [1.29, 1.82) is 0 Å². The summed E-state index contributed by atoms with van der Waals surface area (Å²) in [4.78, 5) is 18.4. The van der Waals surface area contributed by atoms with Gasteiger partial charge in [0.1, 0.15) is 0 Å². The summed E-state index contributed by atoms with van der Waals surface area (Å²) in [5.41, 5.74) is -0.115. The highest BCUT2D eigenvalue weighted by Gasteiger charge is 2.21. The van der Waals surface area contributed by atoms with E-state index < -0.39 is 15.4 Å². The summed E-state index contributed by atoms with van der Waals surface area (Å²) in [5, 5.41) is 0.0203. The molecule has 1 heterocycles. The Kier molecular flexibility index (Phi) is 2.87. The van der Waals surface area contributed by atoms with Gasteiger partial charge in [0, 0.05) is 0 Å². The van der Waals surface area contributed by atoms with E-state index in [-0.39, 0.29) is 10.1 Å². The molecule has 0 saturated heterocycles. The zero-order valence-corrected chi connectivity index (χ0v) is 11.1. The van der Waals surface area contributed by atoms with Crippen LogP contribution in [0.15, 0.2) is 69.4 Å². The van der Waals surface area contributed by atoms with E-state index in [1.165, 1.54) is 12.1 Å². The first-order chi connectivity index (χ1) is 9.59. The van der Waals surface area contributed by atoms with Gasteiger partial charge in [0.15, 0.2) is 0 Å². The van der Waals surface area contributed by atoms with Crippen molar-refractivity contribution in [1.82, 2.24) is 9.97 Å². The van der Waals surface area contributed by atoms with Crippen LogP contribution in [0.25, 0.3) is 10.9 Å². The van der Waals surface area contributed by atoms with Crippen LogP contribution in [-0.2, 0) is 9.84 Å². The molecule has 6 heteroatoms. The number of hydrogen-bond acceptors (Lipinski definition) is 4. The second kappa shape index (κ2) is 4.57. The number of aromatic amines is 1. The molecule has 0 saturated carbocycles. The lowest BCUT2D eigenvalue weighted by atomic mass is 10.2. The zero-order chi connectivity index (χ0) is 14.2. The Balaban J connectivity index is 2.28. The molecule has 2 aromatic carbocycles. The van der Waals surface area contributed by atoms with Crippen LogP contribution in [0.5, 0.6) is 0 Å². The SMILES string of the molecule is O=c1[nH]c(S(=O)(=O)c2ccccc2)nc2ccccc12. The molecule has 0 fully saturated rings. The maximum Gasteiger partial charge on any atom is 0.259 e. The van der Waals surface area contributed by atoms with Gasteiger partial charge in [-0.1, -0.05) is 30.3 Å². The third kappa shape index (κ3) is 2.00. The van der Waals surface area contributed by atoms with Crippen molar-refractivity contribution in [2.24, 2.45) is 0 Å². The first-order valence-electron chi connectivity index (χ1n) is 5.88. The molecule has 5 nitrogen and oxygen atoms in total. The van der Waals surface area contributed by atoms with Crippen LogP contribution in [0, 0.1) is 0 Å². The summed E-state index contributed by atoms with van der Waals surface area (Å²) in [6, 6.07) is 14.5. The number of nitrogens with one attached hydrogen (secondary N) is 1. The zero-order valence-electron chi connectivity index (χ0n) is 10.3. The number of hydrogen-bond donors (Lipinski definition) is 1. The van der Waals surface area contributed by atoms with Gasteiger partial charge in [0.25, 0.3) is 5.56 Å². The second-order valence-corrected chi connectivity index (χ2v) is 6.07. The van der Waals surface area contributed by atoms with Crippen molar-refractivity contribution in [3.05, 3.63) is 65.0 Å². The molecule has 0 bridgehead atoms. The minimum absolute atomic E-state index is 0.0958. The minimum atomic E-state index is -3.82. The van der Waals surface area contributed by atoms with Gasteiger partial charge >= 0.3 is 0 Å². The number of rotatable bonds is 2. The van der Waals surface area contributed by atoms with E-state index in [9.17, 15) is 13.2 Å². The monoisotopic (exact) mass is 286 g/mol. The predicted octanol–water partition coefficient (Wildman–Crippen LogP) is 1.76. The predicted molar refractivity (Wildman–Crippen MR) is 74.3 cm³/mol. The summed E-state index contributed by atoms with van der Waals surface area (Å²) in [6.45, 7) is 0. The molecule has 3 rings (SSSR count). The highest BCUT2D eigenvalue weighted by atomic mass is 32.2. The Morgan fingerprint density at radius 1 is 0.900 bits per heavy atom. The summed E-state index contributed by atoms with van der Waals surface area (Å²) in [7, 11) is -3.82. The number of sulfone groups is 1. The average molecular weight is 286 g/mol. The Labute approximate surface area is 114 Å². The lowest BCUT2D eigenvalue weighted by Gasteiger charge is -2.04. The highest BCUT2D eigenvalue weighted by Crippen LogP contribution is 2.17. The molecule has 20 heavy (non-hydrogen) atoms. The van der Waals surface area contributed by atoms with Gasteiger partial charge in [-0.3, -0.25) is 9.78 Å². The van der Waals surface area contributed by atoms with Crippen LogP contribution >= 0.6 is 0 Å². The fraction of sp³-hybridized carbons (Fsp3) is 0. The van der Waals surface area contributed by atoms with Gasteiger partial charge in [-0.05, 0) is 24.3 Å². The van der Waals surface area contributed by atoms with Crippen LogP contribution in [-0.4, -0.2) is 18.4 Å². The van der Waals surface area contributed by atoms with Crippen LogP contribution < -0.4 is 5.56 Å². The van der Waals surface area contributed by atoms with E-state index in [4.69, 9.17) is 0 Å². The quantitative estimate of drug-likeness (QED) is 0.728. The van der Waals surface area contributed by atoms with Gasteiger partial charge in [0.2, 0.25) is 15.0 Å². The maximum absolute atomic E-state index is 12.4. The van der Waals surface area contributed by atoms with Crippen molar-refractivity contribution >= 4 is 20.7 Å². The molecule has 0 unspecified atom stereocenters. The molecule has 100 valence electrons. The normalized spacial score (nSPS) is 11.6. The summed E-state index contributed by atoms with van der Waals surface area (Å²) in [6.07, 6.45) is 0. The lowest BCUT2D eigenvalue weighted by Crippen LogP contribution is -2.16. The lowest BCUT2D eigenvalue weighted by molar-refractivity contribution is 0.587. The fourth-order valence-electron chi connectivity index (χ4n) is 1.90. The Bertz CT molecular complexity index is 931. The molecule has 0 spiro atoms. The van der Waals surface area contributed by atoms with Crippen molar-refractivity contribution in [3.8, 4) is 0 Å². The molecule has 3 aromatic rings. The largest absolute Gasteiger partial charge is 0.296 e. The van der Waals surface area contributed by atoms with Crippen LogP contribution in [0.1, 0.15) is 0 Å². The summed E-state index contributed by atoms with van der Waals surface area (Å²) in [5.74, 6) is 0. The Morgan fingerprint density at radius 2 is 1.55 bits per heavy atom. The van der Waals surface area contributed by atoms with Crippen LogP contribution in [0.4, 0.5) is 0 Å². The standard InChI is InChI=1S/C14H10N2O3S/c17-13-11-8-4-5-9-12(11)15-14(16-13)20(18,19)10-6-2-1-3-7-10/h1-9H,(H,15,16,17). The van der Waals surface area contributed by atoms with Gasteiger partial charge in [-0.15, -0.1) is 0 Å². The fourth-order valence-corrected chi connectivity index (χ4v) is 3.09. The minimum Gasteiger partial charge on any atom is -0.296 e. The van der Waals surface area contributed by atoms with Crippen LogP contribution in [0.2, 0.25) is 0 Å². The van der Waals surface area contributed by atoms with E-state index in [1.54, 1.807) is 42.5 Å². The van der Waals surface area contributed by atoms with Gasteiger partial charge in [-0.2, -0.15) is 0 Å². The van der Waals surface area contributed by atoms with E-state index in [0.717, 1.165) is 0 Å². The van der Waals surface area contributed by atoms with Gasteiger partial charge in [0.05, 0.1) is 15.8 Å². The third-order valence-corrected chi connectivity index (χ3v) is 4.49. The molecular formula is C14H10N2O3S. The van der Waals surface area contributed by atoms with Crippen LogP contribution in [0.3, 0.4) is 0 Å². The molecule has 0 aliphatic heterocycles. The molecule has 1 N–H and O–H groups in total. The number of para-hydroxylation sites is 1. The summed E-state index contributed by atoms with van der Waals surface area (Å²) < 4.78 is 24.8. The first kappa shape index (κ1) is 12.6. The van der Waals surface area contributed by atoms with Crippen molar-refractivity contribution < 1.29 is 8.42 Å². The van der Waals surface area contributed by atoms with Crippen molar-refractivity contribution in [3.63, 3.8) is 0 Å². The van der Waals surface area contributed by atoms with Gasteiger partial charge in [-0.25, -0.2) is 13.4 Å². The number of aromatic nitrogens is 2. The number of fused-ring (bicyclic) bond motifs is 1. The van der Waals surface area contributed by atoms with E-state index in [0.29, 0.717) is 10.9 Å². The molecule has 0 radical (unpaired) electrons. The maximum atomic E-state index is 12.4. The first-order valence-corrected chi connectivity index (χ1v) is 7.36. The smallest absolute Gasteiger partial charge is 0.259 e.